The summed E-state index contributed by atoms with van der Waals surface area (Å²) in [6.07, 6.45) is 3.38. The van der Waals surface area contributed by atoms with Gasteiger partial charge in [0.2, 0.25) is 5.91 Å². The summed E-state index contributed by atoms with van der Waals surface area (Å²) in [5, 5.41) is 16.5. The number of para-hydroxylation sites is 1. The molecule has 6 atom stereocenters. The van der Waals surface area contributed by atoms with Crippen LogP contribution in [0.4, 0.5) is 5.69 Å². The van der Waals surface area contributed by atoms with Crippen LogP contribution >= 0.6 is 0 Å². The van der Waals surface area contributed by atoms with Gasteiger partial charge < -0.3 is 19.9 Å². The first kappa shape index (κ1) is 15.6. The van der Waals surface area contributed by atoms with Crippen molar-refractivity contribution in [2.24, 2.45) is 11.8 Å². The van der Waals surface area contributed by atoms with E-state index in [0.717, 1.165) is 17.7 Å². The first-order chi connectivity index (χ1) is 12.0. The monoisotopic (exact) mass is 340 g/mol. The molecular weight excluding hydrogens is 316 g/mol. The van der Waals surface area contributed by atoms with Gasteiger partial charge in [0, 0.05) is 18.0 Å². The van der Waals surface area contributed by atoms with Gasteiger partial charge in [-0.2, -0.15) is 0 Å². The molecule has 3 saturated heterocycles. The lowest BCUT2D eigenvalue weighted by Gasteiger charge is -2.55. The maximum absolute atomic E-state index is 13.4. The van der Waals surface area contributed by atoms with Gasteiger partial charge in [-0.1, -0.05) is 24.3 Å². The third-order valence-corrected chi connectivity index (χ3v) is 7.16. The number of anilines is 1. The van der Waals surface area contributed by atoms with E-state index in [-0.39, 0.29) is 28.6 Å². The molecule has 4 fully saturated rings. The van der Waals surface area contributed by atoms with E-state index in [9.17, 15) is 10.0 Å². The molecule has 132 valence electrons. The summed E-state index contributed by atoms with van der Waals surface area (Å²) in [6, 6.07) is 7.81. The van der Waals surface area contributed by atoms with Gasteiger partial charge in [0.25, 0.3) is 0 Å². The molecule has 1 amide bonds. The number of hydrogen-bond donors (Lipinski definition) is 1. The molecule has 0 aromatic heterocycles. The fourth-order valence-electron chi connectivity index (χ4n) is 5.94. The number of likely N-dealkylation sites (tertiary alicyclic amines) is 1. The molecular formula is C20H24N2O3. The lowest BCUT2D eigenvalue weighted by molar-refractivity contribution is -0.892. The summed E-state index contributed by atoms with van der Waals surface area (Å²) in [4.78, 5) is 13.2. The number of rotatable bonds is 0. The van der Waals surface area contributed by atoms with Crippen molar-refractivity contribution in [1.82, 2.24) is 0 Å². The number of nitrogens with zero attached hydrogens (tertiary/aromatic N) is 1. The van der Waals surface area contributed by atoms with Crippen molar-refractivity contribution >= 4 is 11.6 Å². The molecule has 5 heteroatoms. The zero-order chi connectivity index (χ0) is 17.4. The first-order valence-corrected chi connectivity index (χ1v) is 9.21. The number of fused-ring (bicyclic) bond motifs is 2. The number of likely N-dealkylation sites (N-methyl/N-ethyl adjacent to an activating group) is 1. The normalized spacial score (nSPS) is 46.2. The third kappa shape index (κ3) is 1.86. The molecule has 5 aliphatic rings. The van der Waals surface area contributed by atoms with E-state index < -0.39 is 5.41 Å². The fraction of sp³-hybridized carbons (Fsp3) is 0.550. The second-order valence-electron chi connectivity index (χ2n) is 8.27. The van der Waals surface area contributed by atoms with Gasteiger partial charge in [0.05, 0.1) is 25.8 Å². The summed E-state index contributed by atoms with van der Waals surface area (Å²) in [7, 11) is 1.77. The second-order valence-corrected chi connectivity index (χ2v) is 8.27. The van der Waals surface area contributed by atoms with E-state index >= 15 is 0 Å². The Kier molecular flexibility index (Phi) is 3.07. The highest BCUT2D eigenvalue weighted by Crippen LogP contribution is 2.56. The van der Waals surface area contributed by atoms with Crippen molar-refractivity contribution in [1.29, 1.82) is 0 Å². The number of amides is 1. The van der Waals surface area contributed by atoms with Crippen molar-refractivity contribution in [3.05, 3.63) is 46.7 Å². The van der Waals surface area contributed by atoms with Crippen LogP contribution in [0.2, 0.25) is 0 Å². The zero-order valence-corrected chi connectivity index (χ0v) is 14.7. The second kappa shape index (κ2) is 4.93. The molecule has 1 aliphatic carbocycles. The lowest BCUT2D eigenvalue weighted by atomic mass is 9.72. The van der Waals surface area contributed by atoms with E-state index in [2.05, 4.69) is 11.4 Å². The Bertz CT molecular complexity index is 787. The highest BCUT2D eigenvalue weighted by Gasteiger charge is 2.64. The van der Waals surface area contributed by atoms with Crippen LogP contribution in [0.5, 0.6) is 0 Å². The highest BCUT2D eigenvalue weighted by molar-refractivity contribution is 6.07. The molecule has 1 aromatic rings. The lowest BCUT2D eigenvalue weighted by Crippen LogP contribution is -2.59. The standard InChI is InChI=1S/C20H24N2O3/c1-3-12-10-22(2,24)17-9-20(18-8-13(12)14(17)11-25-18)15-6-4-5-7-16(15)21-19(20)23/h3-7,13-14,17-18H,8-11H2,1-2H3,(H,21,23)/b12-3+/t13-,14-,17-,18+,20-,22-/m0/s1. The van der Waals surface area contributed by atoms with Crippen molar-refractivity contribution in [2.45, 2.75) is 37.3 Å². The number of hydroxylamine groups is 3. The number of allylic oxidation sites excluding steroid dienone is 1. The first-order valence-electron chi connectivity index (χ1n) is 9.21. The van der Waals surface area contributed by atoms with E-state index in [1.165, 1.54) is 5.57 Å². The minimum Gasteiger partial charge on any atom is -0.633 e. The molecule has 4 aliphatic heterocycles. The number of quaternary nitrogens is 1. The van der Waals surface area contributed by atoms with Crippen molar-refractivity contribution in [3.8, 4) is 0 Å². The smallest absolute Gasteiger partial charge is 0.238 e. The highest BCUT2D eigenvalue weighted by atomic mass is 16.5. The molecule has 1 aromatic carbocycles. The number of ether oxygens (including phenoxy) is 1. The van der Waals surface area contributed by atoms with Crippen LogP contribution in [0.1, 0.15) is 25.3 Å². The average molecular weight is 340 g/mol. The minimum atomic E-state index is -0.724. The summed E-state index contributed by atoms with van der Waals surface area (Å²) >= 11 is 0. The fourth-order valence-corrected chi connectivity index (χ4v) is 5.94. The Balaban J connectivity index is 1.71. The third-order valence-electron chi connectivity index (χ3n) is 7.16. The number of carbonyl (C=O) groups excluding carboxylic acids is 1. The van der Waals surface area contributed by atoms with Crippen LogP contribution in [-0.2, 0) is 14.9 Å². The molecule has 4 bridgehead atoms. The quantitative estimate of drug-likeness (QED) is 0.449. The number of piperidine rings is 1. The summed E-state index contributed by atoms with van der Waals surface area (Å²) < 4.78 is 5.96. The Morgan fingerprint density at radius 1 is 1.40 bits per heavy atom. The Morgan fingerprint density at radius 3 is 3.00 bits per heavy atom. The maximum atomic E-state index is 13.4. The number of carbonyl (C=O) groups is 1. The van der Waals surface area contributed by atoms with Crippen LogP contribution < -0.4 is 5.32 Å². The largest absolute Gasteiger partial charge is 0.633 e. The number of nitrogens with one attached hydrogen (secondary N) is 1. The molecule has 4 heterocycles. The van der Waals surface area contributed by atoms with Gasteiger partial charge in [0.1, 0.15) is 12.0 Å². The molecule has 1 spiro atoms. The predicted molar refractivity (Wildman–Crippen MR) is 94.7 cm³/mol. The van der Waals surface area contributed by atoms with E-state index in [1.807, 2.05) is 31.2 Å². The Labute approximate surface area is 147 Å². The molecule has 1 saturated carbocycles. The summed E-state index contributed by atoms with van der Waals surface area (Å²) in [5.74, 6) is 0.585. The van der Waals surface area contributed by atoms with E-state index in [4.69, 9.17) is 4.74 Å². The summed E-state index contributed by atoms with van der Waals surface area (Å²) in [5.41, 5.74) is 2.41. The Hall–Kier alpha value is -1.69. The molecule has 0 unspecified atom stereocenters. The van der Waals surface area contributed by atoms with Crippen LogP contribution in [0, 0.1) is 17.0 Å². The number of hydrogen-bond acceptors (Lipinski definition) is 3. The van der Waals surface area contributed by atoms with E-state index in [0.29, 0.717) is 25.5 Å². The molecule has 1 N–H and O–H groups in total. The van der Waals surface area contributed by atoms with Gasteiger partial charge in [-0.05, 0) is 36.5 Å². The Morgan fingerprint density at radius 2 is 2.20 bits per heavy atom. The van der Waals surface area contributed by atoms with Crippen LogP contribution in [0.15, 0.2) is 35.9 Å². The average Bonchev–Trinajstić information content (AvgIpc) is 2.72. The maximum Gasteiger partial charge on any atom is 0.238 e. The minimum absolute atomic E-state index is 0.00827. The van der Waals surface area contributed by atoms with Gasteiger partial charge in [-0.15, -0.1) is 0 Å². The zero-order valence-electron chi connectivity index (χ0n) is 14.7. The predicted octanol–water partition coefficient (Wildman–Crippen LogP) is 2.57. The SMILES string of the molecule is C/C=C1\C[N@+](C)([O-])[C@H]2C[C@@]3(C(=O)Nc4ccccc43)[C@H]3C[C@@H]1[C@@H]2CO3. The van der Waals surface area contributed by atoms with Crippen LogP contribution in [0.25, 0.3) is 0 Å². The molecule has 5 nitrogen and oxygen atoms in total. The molecule has 6 rings (SSSR count). The van der Waals surface area contributed by atoms with Crippen molar-refractivity contribution in [2.75, 3.05) is 25.5 Å². The topological polar surface area (TPSA) is 61.4 Å². The van der Waals surface area contributed by atoms with Crippen LogP contribution in [0.3, 0.4) is 0 Å². The van der Waals surface area contributed by atoms with Crippen LogP contribution in [-0.4, -0.2) is 42.9 Å². The molecule has 0 radical (unpaired) electrons. The number of benzene rings is 1. The van der Waals surface area contributed by atoms with Gasteiger partial charge in [-0.3, -0.25) is 4.79 Å². The van der Waals surface area contributed by atoms with E-state index in [1.54, 1.807) is 7.05 Å². The molecule has 25 heavy (non-hydrogen) atoms. The van der Waals surface area contributed by atoms with Gasteiger partial charge >= 0.3 is 0 Å². The van der Waals surface area contributed by atoms with Gasteiger partial charge in [-0.25, -0.2) is 0 Å². The van der Waals surface area contributed by atoms with Gasteiger partial charge in [0.15, 0.2) is 0 Å². The van der Waals surface area contributed by atoms with Crippen molar-refractivity contribution < 1.29 is 14.2 Å². The van der Waals surface area contributed by atoms with Crippen molar-refractivity contribution in [3.63, 3.8) is 0 Å². The summed E-state index contributed by atoms with van der Waals surface area (Å²) in [6.45, 7) is 3.15.